The van der Waals surface area contributed by atoms with Crippen molar-refractivity contribution < 1.29 is 9.85 Å². The Morgan fingerprint density at radius 2 is 1.78 bits per heavy atom. The molecule has 0 fully saturated rings. The van der Waals surface area contributed by atoms with Gasteiger partial charge in [0, 0.05) is 17.7 Å². The van der Waals surface area contributed by atoms with Crippen molar-refractivity contribution in [1.82, 2.24) is 0 Å². The second-order valence-corrected chi connectivity index (χ2v) is 3.03. The molecular weight excluding hydrogens is 244 g/mol. The molecule has 0 amide bonds. The van der Waals surface area contributed by atoms with E-state index >= 15 is 0 Å². The summed E-state index contributed by atoms with van der Waals surface area (Å²) in [4.78, 5) is 19.5. The van der Waals surface area contributed by atoms with Crippen molar-refractivity contribution in [2.45, 2.75) is 0 Å². The molecule has 1 rings (SSSR count). The van der Waals surface area contributed by atoms with Gasteiger partial charge < -0.3 is 11.5 Å². The van der Waals surface area contributed by atoms with E-state index in [1.54, 1.807) is 0 Å². The van der Waals surface area contributed by atoms with E-state index in [2.05, 4.69) is 10.2 Å². The Labute approximate surface area is 99.9 Å². The molecule has 0 heterocycles. The van der Waals surface area contributed by atoms with Crippen LogP contribution in [0.5, 0.6) is 0 Å². The minimum absolute atomic E-state index is 0.261. The van der Waals surface area contributed by atoms with E-state index in [1.807, 2.05) is 0 Å². The average molecular weight is 252 g/mol. The van der Waals surface area contributed by atoms with Crippen molar-refractivity contribution in [3.8, 4) is 0 Å². The Morgan fingerprint density at radius 1 is 1.17 bits per heavy atom. The highest BCUT2D eigenvalue weighted by atomic mass is 16.6. The standard InChI is InChI=1S/C8H8N6O4/c9-8(10)12-11-4-5-1-2-6(13(15)16)7(3-5)14(17)18/h1-4H,(H4,9,10,12). The molecule has 0 spiro atoms. The van der Waals surface area contributed by atoms with E-state index in [0.29, 0.717) is 0 Å². The first-order valence-corrected chi connectivity index (χ1v) is 4.46. The summed E-state index contributed by atoms with van der Waals surface area (Å²) in [5.41, 5.74) is 9.06. The molecule has 10 heteroatoms. The summed E-state index contributed by atoms with van der Waals surface area (Å²) in [6.45, 7) is 0. The first-order chi connectivity index (χ1) is 8.41. The van der Waals surface area contributed by atoms with Crippen LogP contribution < -0.4 is 11.5 Å². The molecule has 18 heavy (non-hydrogen) atoms. The molecule has 0 unspecified atom stereocenters. The lowest BCUT2D eigenvalue weighted by Crippen LogP contribution is -2.21. The van der Waals surface area contributed by atoms with Crippen molar-refractivity contribution in [1.29, 1.82) is 0 Å². The topological polar surface area (TPSA) is 163 Å². The van der Waals surface area contributed by atoms with Crippen LogP contribution in [0.15, 0.2) is 28.4 Å². The van der Waals surface area contributed by atoms with Crippen molar-refractivity contribution in [3.63, 3.8) is 0 Å². The van der Waals surface area contributed by atoms with Crippen LogP contribution in [-0.2, 0) is 0 Å². The maximum absolute atomic E-state index is 10.6. The zero-order valence-corrected chi connectivity index (χ0v) is 8.89. The number of nitrogens with zero attached hydrogens (tertiary/aromatic N) is 4. The fourth-order valence-electron chi connectivity index (χ4n) is 1.08. The van der Waals surface area contributed by atoms with Crippen LogP contribution in [-0.4, -0.2) is 22.0 Å². The van der Waals surface area contributed by atoms with Gasteiger partial charge in [-0.1, -0.05) is 0 Å². The molecular formula is C8H8N6O4. The number of nitrogens with two attached hydrogens (primary N) is 2. The van der Waals surface area contributed by atoms with Gasteiger partial charge in [-0.25, -0.2) is 0 Å². The second kappa shape index (κ2) is 5.34. The normalized spacial score (nSPS) is 10.2. The third-order valence-corrected chi connectivity index (χ3v) is 1.77. The molecule has 94 valence electrons. The van der Waals surface area contributed by atoms with E-state index < -0.39 is 21.2 Å². The zero-order valence-electron chi connectivity index (χ0n) is 8.89. The molecule has 0 bridgehead atoms. The van der Waals surface area contributed by atoms with Gasteiger partial charge in [-0.3, -0.25) is 20.2 Å². The highest BCUT2D eigenvalue weighted by Crippen LogP contribution is 2.26. The minimum atomic E-state index is -0.851. The maximum Gasteiger partial charge on any atom is 0.346 e. The molecule has 0 saturated carbocycles. The number of rotatable bonds is 4. The SMILES string of the molecule is NC(N)=NN=Cc1ccc([N+](=O)[O-])c([N+](=O)[O-])c1. The van der Waals surface area contributed by atoms with Crippen LogP contribution in [0.25, 0.3) is 0 Å². The summed E-state index contributed by atoms with van der Waals surface area (Å²) >= 11 is 0. The summed E-state index contributed by atoms with van der Waals surface area (Å²) in [5, 5.41) is 27.9. The fraction of sp³-hybridized carbons (Fsp3) is 0. The lowest BCUT2D eigenvalue weighted by Gasteiger charge is -1.96. The Balaban J connectivity index is 3.16. The quantitative estimate of drug-likeness (QED) is 0.334. The molecule has 0 aromatic heterocycles. The number of guanidine groups is 1. The highest BCUT2D eigenvalue weighted by Gasteiger charge is 2.23. The van der Waals surface area contributed by atoms with E-state index in [1.165, 1.54) is 6.07 Å². The average Bonchev–Trinajstić information content (AvgIpc) is 2.28. The van der Waals surface area contributed by atoms with Crippen molar-refractivity contribution >= 4 is 23.5 Å². The number of hydrogen-bond donors (Lipinski definition) is 2. The fourth-order valence-corrected chi connectivity index (χ4v) is 1.08. The molecule has 0 aliphatic rings. The van der Waals surface area contributed by atoms with Gasteiger partial charge >= 0.3 is 11.4 Å². The molecule has 0 saturated heterocycles. The van der Waals surface area contributed by atoms with E-state index in [0.717, 1.165) is 18.3 Å². The Bertz CT molecular complexity index is 549. The summed E-state index contributed by atoms with van der Waals surface area (Å²) in [7, 11) is 0. The smallest absolute Gasteiger partial charge is 0.346 e. The first kappa shape index (κ1) is 13.0. The van der Waals surface area contributed by atoms with Crippen LogP contribution in [0.4, 0.5) is 11.4 Å². The third-order valence-electron chi connectivity index (χ3n) is 1.77. The van der Waals surface area contributed by atoms with Crippen molar-refractivity contribution in [2.75, 3.05) is 0 Å². The van der Waals surface area contributed by atoms with Gasteiger partial charge in [0.1, 0.15) is 0 Å². The lowest BCUT2D eigenvalue weighted by atomic mass is 10.2. The minimum Gasteiger partial charge on any atom is -0.369 e. The zero-order chi connectivity index (χ0) is 13.7. The second-order valence-electron chi connectivity index (χ2n) is 3.03. The maximum atomic E-state index is 10.6. The molecule has 0 radical (unpaired) electrons. The molecule has 0 aliphatic heterocycles. The van der Waals surface area contributed by atoms with Crippen LogP contribution in [0, 0.1) is 20.2 Å². The number of benzene rings is 1. The van der Waals surface area contributed by atoms with Crippen molar-refractivity contribution in [3.05, 3.63) is 44.0 Å². The lowest BCUT2D eigenvalue weighted by molar-refractivity contribution is -0.422. The van der Waals surface area contributed by atoms with Gasteiger partial charge in [0.15, 0.2) is 0 Å². The highest BCUT2D eigenvalue weighted by molar-refractivity contribution is 5.83. The van der Waals surface area contributed by atoms with E-state index in [4.69, 9.17) is 11.5 Å². The summed E-state index contributed by atoms with van der Waals surface area (Å²) in [6, 6.07) is 3.30. The van der Waals surface area contributed by atoms with Gasteiger partial charge in [0.2, 0.25) is 5.96 Å². The molecule has 0 aliphatic carbocycles. The molecule has 0 atom stereocenters. The Morgan fingerprint density at radius 3 is 2.28 bits per heavy atom. The predicted molar refractivity (Wildman–Crippen MR) is 63.2 cm³/mol. The first-order valence-electron chi connectivity index (χ1n) is 4.46. The molecule has 1 aromatic carbocycles. The summed E-state index contributed by atoms with van der Waals surface area (Å²) < 4.78 is 0. The van der Waals surface area contributed by atoms with Gasteiger partial charge in [-0.15, -0.1) is 5.10 Å². The van der Waals surface area contributed by atoms with Gasteiger partial charge in [0.25, 0.3) is 0 Å². The molecule has 10 nitrogen and oxygen atoms in total. The molecule has 4 N–H and O–H groups in total. The monoisotopic (exact) mass is 252 g/mol. The van der Waals surface area contributed by atoms with Crippen molar-refractivity contribution in [2.24, 2.45) is 21.7 Å². The van der Waals surface area contributed by atoms with Crippen LogP contribution >= 0.6 is 0 Å². The predicted octanol–water partition coefficient (Wildman–Crippen LogP) is 0.110. The third kappa shape index (κ3) is 3.23. The van der Waals surface area contributed by atoms with E-state index in [9.17, 15) is 20.2 Å². The van der Waals surface area contributed by atoms with Crippen LogP contribution in [0.2, 0.25) is 0 Å². The largest absolute Gasteiger partial charge is 0.369 e. The van der Waals surface area contributed by atoms with Crippen LogP contribution in [0.1, 0.15) is 5.56 Å². The Hall–Kier alpha value is -3.04. The van der Waals surface area contributed by atoms with E-state index in [-0.39, 0.29) is 11.5 Å². The number of nitro benzene ring substituents is 2. The number of nitro groups is 2. The van der Waals surface area contributed by atoms with Gasteiger partial charge in [-0.05, 0) is 6.07 Å². The molecule has 1 aromatic rings. The van der Waals surface area contributed by atoms with Crippen LogP contribution in [0.3, 0.4) is 0 Å². The Kier molecular flexibility index (Phi) is 3.86. The van der Waals surface area contributed by atoms with Gasteiger partial charge in [-0.2, -0.15) is 5.10 Å². The summed E-state index contributed by atoms with van der Waals surface area (Å²) in [5.74, 6) is -0.275. The summed E-state index contributed by atoms with van der Waals surface area (Å²) in [6.07, 6.45) is 1.14. The van der Waals surface area contributed by atoms with Gasteiger partial charge in [0.05, 0.1) is 16.1 Å². The number of hydrogen-bond acceptors (Lipinski definition) is 6.